The number of hydrogen-bond donors (Lipinski definition) is 0. The Morgan fingerprint density at radius 1 is 1.80 bits per heavy atom. The Kier molecular flexibility index (Phi) is 2.04. The topological polar surface area (TPSA) is 43.4 Å². The van der Waals surface area contributed by atoms with Crippen molar-refractivity contribution in [2.75, 3.05) is 7.11 Å². The molecular weight excluding hydrogens is 132 g/mol. The third kappa shape index (κ3) is 1.35. The van der Waals surface area contributed by atoms with Crippen molar-refractivity contribution in [3.8, 4) is 0 Å². The van der Waals surface area contributed by atoms with E-state index in [0.717, 1.165) is 12.7 Å². The number of aldehydes is 1. The van der Waals surface area contributed by atoms with Gasteiger partial charge in [-0.25, -0.2) is 0 Å². The number of ether oxygens (including phenoxy) is 1. The highest BCUT2D eigenvalue weighted by atomic mass is 16.5. The maximum absolute atomic E-state index is 10.7. The van der Waals surface area contributed by atoms with Gasteiger partial charge in [0.25, 0.3) is 0 Å². The molecule has 10 heavy (non-hydrogen) atoms. The number of methoxy groups -OCH3 is 1. The highest BCUT2D eigenvalue weighted by Gasteiger charge is 2.43. The minimum absolute atomic E-state index is 0.00944. The maximum atomic E-state index is 10.7. The van der Waals surface area contributed by atoms with Crippen molar-refractivity contribution in [2.24, 2.45) is 11.8 Å². The molecule has 0 aromatic rings. The van der Waals surface area contributed by atoms with E-state index in [4.69, 9.17) is 0 Å². The second kappa shape index (κ2) is 2.82. The summed E-state index contributed by atoms with van der Waals surface area (Å²) in [7, 11) is 1.37. The lowest BCUT2D eigenvalue weighted by molar-refractivity contribution is -0.142. The van der Waals surface area contributed by atoms with Crippen molar-refractivity contribution >= 4 is 12.3 Å². The van der Waals surface area contributed by atoms with Gasteiger partial charge in [0.15, 0.2) is 0 Å². The van der Waals surface area contributed by atoms with Crippen LogP contribution >= 0.6 is 0 Å². The fourth-order valence-corrected chi connectivity index (χ4v) is 1.07. The molecule has 0 amide bonds. The summed E-state index contributed by atoms with van der Waals surface area (Å²) in [4.78, 5) is 20.7. The largest absolute Gasteiger partial charge is 0.469 e. The lowest BCUT2D eigenvalue weighted by atomic mass is 10.2. The average Bonchev–Trinajstić information content (AvgIpc) is 2.67. The maximum Gasteiger partial charge on any atom is 0.308 e. The molecular formula is C7H10O3. The van der Waals surface area contributed by atoms with E-state index in [1.54, 1.807) is 0 Å². The second-order valence-electron chi connectivity index (χ2n) is 2.53. The van der Waals surface area contributed by atoms with Crippen molar-refractivity contribution < 1.29 is 14.3 Å². The van der Waals surface area contributed by atoms with Gasteiger partial charge in [-0.15, -0.1) is 0 Å². The standard InChI is InChI=1S/C7H10O3/c1-10-7(9)6-4-5(6)2-3-8/h3,5-6H,2,4H2,1H3/t5-,6-/m0/s1. The first-order chi connectivity index (χ1) is 4.79. The minimum atomic E-state index is -0.174. The predicted molar refractivity (Wildman–Crippen MR) is 34.3 cm³/mol. The number of carbonyl (C=O) groups excluding carboxylic acids is 2. The third-order valence-electron chi connectivity index (χ3n) is 1.83. The van der Waals surface area contributed by atoms with Crippen molar-refractivity contribution in [1.82, 2.24) is 0 Å². The SMILES string of the molecule is COC(=O)[C@H]1C[C@@H]1CC=O. The summed E-state index contributed by atoms with van der Waals surface area (Å²) < 4.78 is 4.50. The molecule has 0 unspecified atom stereocenters. The monoisotopic (exact) mass is 142 g/mol. The molecule has 1 aliphatic carbocycles. The minimum Gasteiger partial charge on any atom is -0.469 e. The molecule has 3 heteroatoms. The summed E-state index contributed by atoms with van der Waals surface area (Å²) in [5, 5.41) is 0. The average molecular weight is 142 g/mol. The molecule has 1 fully saturated rings. The Morgan fingerprint density at radius 2 is 2.50 bits per heavy atom. The molecule has 2 atom stereocenters. The Balaban J connectivity index is 2.24. The summed E-state index contributed by atoms with van der Waals surface area (Å²) >= 11 is 0. The van der Waals surface area contributed by atoms with Gasteiger partial charge in [0, 0.05) is 6.42 Å². The van der Waals surface area contributed by atoms with Crippen LogP contribution in [-0.2, 0) is 14.3 Å². The lowest BCUT2D eigenvalue weighted by Gasteiger charge is -1.93. The van der Waals surface area contributed by atoms with Crippen LogP contribution in [0.4, 0.5) is 0 Å². The van der Waals surface area contributed by atoms with Crippen LogP contribution in [0.3, 0.4) is 0 Å². The first-order valence-corrected chi connectivity index (χ1v) is 3.31. The van der Waals surface area contributed by atoms with Crippen LogP contribution in [0.15, 0.2) is 0 Å². The molecule has 0 aromatic carbocycles. The molecule has 1 rings (SSSR count). The molecule has 0 aromatic heterocycles. The van der Waals surface area contributed by atoms with Crippen LogP contribution < -0.4 is 0 Å². The Morgan fingerprint density at radius 3 is 3.00 bits per heavy atom. The summed E-state index contributed by atoms with van der Waals surface area (Å²) in [6.45, 7) is 0. The van der Waals surface area contributed by atoms with Gasteiger partial charge in [0.1, 0.15) is 6.29 Å². The third-order valence-corrected chi connectivity index (χ3v) is 1.83. The molecule has 0 N–H and O–H groups in total. The fourth-order valence-electron chi connectivity index (χ4n) is 1.07. The van der Waals surface area contributed by atoms with Gasteiger partial charge in [0.2, 0.25) is 0 Å². The zero-order valence-electron chi connectivity index (χ0n) is 5.87. The quantitative estimate of drug-likeness (QED) is 0.422. The Labute approximate surface area is 59.4 Å². The van der Waals surface area contributed by atoms with Gasteiger partial charge in [-0.3, -0.25) is 4.79 Å². The number of rotatable bonds is 3. The van der Waals surface area contributed by atoms with E-state index in [2.05, 4.69) is 4.74 Å². The van der Waals surface area contributed by atoms with Crippen LogP contribution in [0.2, 0.25) is 0 Å². The smallest absolute Gasteiger partial charge is 0.308 e. The molecule has 3 nitrogen and oxygen atoms in total. The predicted octanol–water partition coefficient (Wildman–Crippen LogP) is 0.384. The zero-order valence-corrected chi connectivity index (χ0v) is 5.87. The zero-order chi connectivity index (χ0) is 7.56. The highest BCUT2D eigenvalue weighted by Crippen LogP contribution is 2.41. The van der Waals surface area contributed by atoms with E-state index in [-0.39, 0.29) is 17.8 Å². The summed E-state index contributed by atoms with van der Waals surface area (Å²) in [5.41, 5.74) is 0. The molecule has 0 heterocycles. The molecule has 56 valence electrons. The lowest BCUT2D eigenvalue weighted by Crippen LogP contribution is -2.04. The van der Waals surface area contributed by atoms with E-state index in [0.29, 0.717) is 6.42 Å². The number of hydrogen-bond acceptors (Lipinski definition) is 3. The Bertz CT molecular complexity index is 153. The van der Waals surface area contributed by atoms with E-state index in [9.17, 15) is 9.59 Å². The Hall–Kier alpha value is -0.860. The van der Waals surface area contributed by atoms with Crippen molar-refractivity contribution in [1.29, 1.82) is 0 Å². The van der Waals surface area contributed by atoms with E-state index in [1.807, 2.05) is 0 Å². The van der Waals surface area contributed by atoms with Crippen molar-refractivity contribution in [2.45, 2.75) is 12.8 Å². The van der Waals surface area contributed by atoms with Gasteiger partial charge in [0.05, 0.1) is 13.0 Å². The first-order valence-electron chi connectivity index (χ1n) is 3.31. The van der Waals surface area contributed by atoms with E-state index >= 15 is 0 Å². The highest BCUT2D eigenvalue weighted by molar-refractivity contribution is 5.76. The summed E-state index contributed by atoms with van der Waals surface area (Å²) in [5.74, 6) is 0.104. The molecule has 0 aliphatic heterocycles. The van der Waals surface area contributed by atoms with Crippen LogP contribution in [0.25, 0.3) is 0 Å². The van der Waals surface area contributed by atoms with Gasteiger partial charge >= 0.3 is 5.97 Å². The van der Waals surface area contributed by atoms with Gasteiger partial charge < -0.3 is 9.53 Å². The van der Waals surface area contributed by atoms with Crippen LogP contribution in [0.1, 0.15) is 12.8 Å². The summed E-state index contributed by atoms with van der Waals surface area (Å²) in [6.07, 6.45) is 2.18. The van der Waals surface area contributed by atoms with Crippen molar-refractivity contribution in [3.05, 3.63) is 0 Å². The molecule has 0 bridgehead atoms. The van der Waals surface area contributed by atoms with Crippen LogP contribution in [-0.4, -0.2) is 19.4 Å². The van der Waals surface area contributed by atoms with Crippen LogP contribution in [0, 0.1) is 11.8 Å². The second-order valence-corrected chi connectivity index (χ2v) is 2.53. The molecule has 1 saturated carbocycles. The first kappa shape index (κ1) is 7.25. The number of carbonyl (C=O) groups is 2. The number of esters is 1. The molecule has 0 spiro atoms. The summed E-state index contributed by atoms with van der Waals surface area (Å²) in [6, 6.07) is 0. The van der Waals surface area contributed by atoms with Gasteiger partial charge in [-0.2, -0.15) is 0 Å². The van der Waals surface area contributed by atoms with Gasteiger partial charge in [-0.1, -0.05) is 0 Å². The molecule has 0 saturated heterocycles. The van der Waals surface area contributed by atoms with Crippen molar-refractivity contribution in [3.63, 3.8) is 0 Å². The van der Waals surface area contributed by atoms with Gasteiger partial charge in [-0.05, 0) is 12.3 Å². The molecule has 1 aliphatic rings. The van der Waals surface area contributed by atoms with E-state index in [1.165, 1.54) is 7.11 Å². The van der Waals surface area contributed by atoms with Crippen LogP contribution in [0.5, 0.6) is 0 Å². The van der Waals surface area contributed by atoms with E-state index < -0.39 is 0 Å². The molecule has 0 radical (unpaired) electrons. The fraction of sp³-hybridized carbons (Fsp3) is 0.714. The normalized spacial score (nSPS) is 29.3.